The van der Waals surface area contributed by atoms with Crippen molar-refractivity contribution in [2.75, 3.05) is 6.54 Å². The average Bonchev–Trinajstić information content (AvgIpc) is 3.24. The molecule has 8 heteroatoms. The maximum Gasteiger partial charge on any atom is 0.269 e. The van der Waals surface area contributed by atoms with E-state index in [9.17, 15) is 10.1 Å². The fourth-order valence-electron chi connectivity index (χ4n) is 2.51. The topological polar surface area (TPSA) is 92.5 Å². The SMILES string of the molecule is O=[N+]([O-])c1ccc(CN=C(NCCc2ccccn2)NCc2cccs2)cc1. The first-order valence-corrected chi connectivity index (χ1v) is 9.76. The minimum Gasteiger partial charge on any atom is -0.356 e. The van der Waals surface area contributed by atoms with Gasteiger partial charge in [-0.3, -0.25) is 15.1 Å². The summed E-state index contributed by atoms with van der Waals surface area (Å²) in [6.07, 6.45) is 2.58. The van der Waals surface area contributed by atoms with E-state index in [0.717, 1.165) is 17.7 Å². The van der Waals surface area contributed by atoms with Crippen molar-refractivity contribution in [2.45, 2.75) is 19.5 Å². The van der Waals surface area contributed by atoms with E-state index in [2.05, 4.69) is 26.7 Å². The summed E-state index contributed by atoms with van der Waals surface area (Å²) in [6.45, 7) is 1.82. The first kappa shape index (κ1) is 19.5. The van der Waals surface area contributed by atoms with Crippen LogP contribution in [0.25, 0.3) is 0 Å². The van der Waals surface area contributed by atoms with Crippen molar-refractivity contribution in [2.24, 2.45) is 4.99 Å². The zero-order chi connectivity index (χ0) is 19.6. The van der Waals surface area contributed by atoms with Crippen LogP contribution in [0.15, 0.2) is 71.2 Å². The third kappa shape index (κ3) is 6.17. The van der Waals surface area contributed by atoms with Gasteiger partial charge in [0.1, 0.15) is 0 Å². The zero-order valence-electron chi connectivity index (χ0n) is 15.2. The van der Waals surface area contributed by atoms with Gasteiger partial charge in [-0.2, -0.15) is 0 Å². The lowest BCUT2D eigenvalue weighted by Crippen LogP contribution is -2.38. The maximum absolute atomic E-state index is 10.8. The van der Waals surface area contributed by atoms with Crippen LogP contribution in [0.1, 0.15) is 16.1 Å². The largest absolute Gasteiger partial charge is 0.356 e. The highest BCUT2D eigenvalue weighted by Crippen LogP contribution is 2.12. The summed E-state index contributed by atoms with van der Waals surface area (Å²) in [6, 6.07) is 16.4. The molecule has 0 atom stereocenters. The van der Waals surface area contributed by atoms with Gasteiger partial charge in [-0.1, -0.05) is 24.3 Å². The number of aromatic nitrogens is 1. The smallest absolute Gasteiger partial charge is 0.269 e. The molecule has 7 nitrogen and oxygen atoms in total. The van der Waals surface area contributed by atoms with Crippen LogP contribution >= 0.6 is 11.3 Å². The number of hydrogen-bond donors (Lipinski definition) is 2. The van der Waals surface area contributed by atoms with Gasteiger partial charge in [-0.15, -0.1) is 11.3 Å². The van der Waals surface area contributed by atoms with E-state index in [1.54, 1.807) is 29.7 Å². The maximum atomic E-state index is 10.8. The van der Waals surface area contributed by atoms with Crippen molar-refractivity contribution >= 4 is 23.0 Å². The van der Waals surface area contributed by atoms with E-state index in [1.807, 2.05) is 29.6 Å². The first-order chi connectivity index (χ1) is 13.7. The molecular weight excluding hydrogens is 374 g/mol. The monoisotopic (exact) mass is 395 g/mol. The van der Waals surface area contributed by atoms with E-state index in [4.69, 9.17) is 0 Å². The minimum atomic E-state index is -0.403. The minimum absolute atomic E-state index is 0.0808. The Hall–Kier alpha value is -3.26. The molecular formula is C20H21N5O2S. The quantitative estimate of drug-likeness (QED) is 0.263. The summed E-state index contributed by atoms with van der Waals surface area (Å²) in [5.74, 6) is 0.697. The number of nitro benzene ring substituents is 1. The molecule has 3 aromatic rings. The summed E-state index contributed by atoms with van der Waals surface area (Å²) < 4.78 is 0. The number of thiophene rings is 1. The van der Waals surface area contributed by atoms with Gasteiger partial charge in [0.25, 0.3) is 5.69 Å². The molecule has 0 saturated carbocycles. The Balaban J connectivity index is 1.60. The number of nitrogens with zero attached hydrogens (tertiary/aromatic N) is 3. The highest BCUT2D eigenvalue weighted by atomic mass is 32.1. The van der Waals surface area contributed by atoms with Gasteiger partial charge in [0.15, 0.2) is 5.96 Å². The number of non-ortho nitro benzene ring substituents is 1. The third-order valence-corrected chi connectivity index (χ3v) is 4.85. The van der Waals surface area contributed by atoms with Crippen LogP contribution in [0.4, 0.5) is 5.69 Å². The molecule has 0 radical (unpaired) electrons. The van der Waals surface area contributed by atoms with Gasteiger partial charge >= 0.3 is 0 Å². The molecule has 0 aliphatic carbocycles. The van der Waals surface area contributed by atoms with Crippen molar-refractivity contribution in [3.05, 3.63) is 92.4 Å². The Morgan fingerprint density at radius 3 is 2.64 bits per heavy atom. The summed E-state index contributed by atoms with van der Waals surface area (Å²) in [5, 5.41) is 19.5. The van der Waals surface area contributed by atoms with E-state index in [-0.39, 0.29) is 5.69 Å². The highest BCUT2D eigenvalue weighted by molar-refractivity contribution is 7.09. The predicted molar refractivity (Wildman–Crippen MR) is 111 cm³/mol. The molecule has 28 heavy (non-hydrogen) atoms. The lowest BCUT2D eigenvalue weighted by molar-refractivity contribution is -0.384. The van der Waals surface area contributed by atoms with Crippen LogP contribution in [0.5, 0.6) is 0 Å². The Morgan fingerprint density at radius 1 is 1.11 bits per heavy atom. The summed E-state index contributed by atoms with van der Waals surface area (Å²) in [5.41, 5.74) is 2.01. The third-order valence-electron chi connectivity index (χ3n) is 3.98. The molecule has 0 amide bonds. The summed E-state index contributed by atoms with van der Waals surface area (Å²) in [7, 11) is 0. The van der Waals surface area contributed by atoms with Crippen molar-refractivity contribution in [1.82, 2.24) is 15.6 Å². The molecule has 3 rings (SSSR count). The van der Waals surface area contributed by atoms with E-state index in [0.29, 0.717) is 25.6 Å². The number of hydrogen-bond acceptors (Lipinski definition) is 5. The molecule has 0 aliphatic rings. The van der Waals surface area contributed by atoms with Gasteiger partial charge in [-0.25, -0.2) is 4.99 Å². The molecule has 1 aromatic carbocycles. The van der Waals surface area contributed by atoms with E-state index >= 15 is 0 Å². The predicted octanol–water partition coefficient (Wildman–Crippen LogP) is 3.53. The second kappa shape index (κ2) is 10.2. The van der Waals surface area contributed by atoms with Gasteiger partial charge in [0.05, 0.1) is 18.0 Å². The van der Waals surface area contributed by atoms with E-state index in [1.165, 1.54) is 17.0 Å². The van der Waals surface area contributed by atoms with Crippen molar-refractivity contribution in [3.8, 4) is 0 Å². The first-order valence-electron chi connectivity index (χ1n) is 8.88. The second-order valence-electron chi connectivity index (χ2n) is 6.02. The molecule has 144 valence electrons. The Labute approximate surface area is 167 Å². The number of nitrogens with one attached hydrogen (secondary N) is 2. The van der Waals surface area contributed by atoms with E-state index < -0.39 is 4.92 Å². The number of guanidine groups is 1. The number of pyridine rings is 1. The average molecular weight is 395 g/mol. The highest BCUT2D eigenvalue weighted by Gasteiger charge is 2.05. The number of aliphatic imine (C=N–C) groups is 1. The van der Waals surface area contributed by atoms with Gasteiger partial charge in [0, 0.05) is 41.9 Å². The lowest BCUT2D eigenvalue weighted by atomic mass is 10.2. The molecule has 2 aromatic heterocycles. The lowest BCUT2D eigenvalue weighted by Gasteiger charge is -2.12. The molecule has 0 aliphatic heterocycles. The van der Waals surface area contributed by atoms with Crippen molar-refractivity contribution in [1.29, 1.82) is 0 Å². The number of rotatable bonds is 8. The number of nitro groups is 1. The Bertz CT molecular complexity index is 896. The van der Waals surface area contributed by atoms with Crippen LogP contribution < -0.4 is 10.6 Å². The standard InChI is InChI=1S/C20H21N5O2S/c26-25(27)18-8-6-16(7-9-18)14-23-20(24-15-19-5-3-13-28-19)22-12-10-17-4-1-2-11-21-17/h1-9,11,13H,10,12,14-15H2,(H2,22,23,24). The molecule has 0 bridgehead atoms. The number of benzene rings is 1. The van der Waals surface area contributed by atoms with Crippen molar-refractivity contribution in [3.63, 3.8) is 0 Å². The van der Waals surface area contributed by atoms with Crippen LogP contribution in [-0.4, -0.2) is 22.4 Å². The summed E-state index contributed by atoms with van der Waals surface area (Å²) >= 11 is 1.69. The molecule has 2 heterocycles. The molecule has 0 spiro atoms. The fraction of sp³-hybridized carbons (Fsp3) is 0.200. The zero-order valence-corrected chi connectivity index (χ0v) is 16.1. The fourth-order valence-corrected chi connectivity index (χ4v) is 3.15. The molecule has 2 N–H and O–H groups in total. The Kier molecular flexibility index (Phi) is 7.08. The molecule has 0 fully saturated rings. The molecule has 0 unspecified atom stereocenters. The Morgan fingerprint density at radius 2 is 1.96 bits per heavy atom. The molecule has 0 saturated heterocycles. The second-order valence-corrected chi connectivity index (χ2v) is 7.05. The van der Waals surface area contributed by atoms with Crippen molar-refractivity contribution < 1.29 is 4.92 Å². The van der Waals surface area contributed by atoms with Gasteiger partial charge in [0.2, 0.25) is 0 Å². The summed E-state index contributed by atoms with van der Waals surface area (Å²) in [4.78, 5) is 20.5. The normalized spacial score (nSPS) is 11.2. The van der Waals surface area contributed by atoms with Gasteiger partial charge in [-0.05, 0) is 29.1 Å². The van der Waals surface area contributed by atoms with Crippen LogP contribution in [0.3, 0.4) is 0 Å². The van der Waals surface area contributed by atoms with Crippen LogP contribution in [-0.2, 0) is 19.5 Å². The van der Waals surface area contributed by atoms with Crippen LogP contribution in [0.2, 0.25) is 0 Å². The van der Waals surface area contributed by atoms with Gasteiger partial charge < -0.3 is 10.6 Å². The van der Waals surface area contributed by atoms with Crippen LogP contribution in [0, 0.1) is 10.1 Å².